The van der Waals surface area contributed by atoms with Crippen molar-refractivity contribution in [3.05, 3.63) is 60.6 Å². The van der Waals surface area contributed by atoms with Crippen molar-refractivity contribution in [2.45, 2.75) is 13.2 Å². The largest absolute Gasteiger partial charge is 0.388 e. The summed E-state index contributed by atoms with van der Waals surface area (Å²) in [5.74, 6) is 0.531. The normalized spacial score (nSPS) is 11.6. The summed E-state index contributed by atoms with van der Waals surface area (Å²) in [6.45, 7) is 0.509. The first-order valence-electron chi connectivity index (χ1n) is 6.82. The number of rotatable bonds is 6. The summed E-state index contributed by atoms with van der Waals surface area (Å²) in [4.78, 5) is 9.05. The van der Waals surface area contributed by atoms with E-state index < -0.39 is 0 Å². The minimum Gasteiger partial charge on any atom is -0.388 e. The predicted octanol–water partition coefficient (Wildman–Crippen LogP) is 2.17. The highest BCUT2D eigenvalue weighted by molar-refractivity contribution is 5.79. The van der Waals surface area contributed by atoms with Gasteiger partial charge in [0.15, 0.2) is 18.2 Å². The van der Waals surface area contributed by atoms with E-state index in [9.17, 15) is 4.39 Å². The van der Waals surface area contributed by atoms with Crippen LogP contribution in [0.1, 0.15) is 5.69 Å². The second-order valence-corrected chi connectivity index (χ2v) is 4.78. The fourth-order valence-electron chi connectivity index (χ4n) is 1.91. The third kappa shape index (κ3) is 3.94. The van der Waals surface area contributed by atoms with E-state index in [1.807, 2.05) is 0 Å². The van der Waals surface area contributed by atoms with Crippen molar-refractivity contribution < 1.29 is 13.8 Å². The van der Waals surface area contributed by atoms with Crippen LogP contribution in [-0.2, 0) is 18.0 Å². The summed E-state index contributed by atoms with van der Waals surface area (Å²) in [6.07, 6.45) is 5.06. The summed E-state index contributed by atoms with van der Waals surface area (Å²) in [5, 5.41) is 7.67. The molecular weight excluding hydrogens is 301 g/mol. The molecule has 8 heteroatoms. The van der Waals surface area contributed by atoms with E-state index in [0.29, 0.717) is 23.8 Å². The number of nitrogens with two attached hydrogens (primary N) is 1. The van der Waals surface area contributed by atoms with Gasteiger partial charge in [0, 0.05) is 24.0 Å². The lowest BCUT2D eigenvalue weighted by atomic mass is 10.1. The van der Waals surface area contributed by atoms with Crippen molar-refractivity contribution in [2.24, 2.45) is 10.9 Å². The minimum absolute atomic E-state index is 0.120. The third-order valence-electron chi connectivity index (χ3n) is 2.99. The van der Waals surface area contributed by atoms with Crippen LogP contribution in [0.2, 0.25) is 0 Å². The molecule has 0 fully saturated rings. The molecule has 0 saturated heterocycles. The molecule has 0 saturated carbocycles. The van der Waals surface area contributed by atoms with Crippen LogP contribution in [-0.4, -0.2) is 20.5 Å². The average molecular weight is 315 g/mol. The molecule has 118 valence electrons. The van der Waals surface area contributed by atoms with Gasteiger partial charge in [0.1, 0.15) is 11.5 Å². The van der Waals surface area contributed by atoms with Crippen LogP contribution >= 0.6 is 0 Å². The molecule has 0 spiro atoms. The van der Waals surface area contributed by atoms with Gasteiger partial charge >= 0.3 is 0 Å². The number of oxime groups is 1. The smallest absolute Gasteiger partial charge is 0.167 e. The Morgan fingerprint density at radius 1 is 1.35 bits per heavy atom. The number of nitrogens with zero attached hydrogens (tertiary/aromatic N) is 4. The highest BCUT2D eigenvalue weighted by atomic mass is 19.1. The van der Waals surface area contributed by atoms with Crippen LogP contribution in [0.3, 0.4) is 0 Å². The quantitative estimate of drug-likeness (QED) is 0.427. The monoisotopic (exact) mass is 315 g/mol. The van der Waals surface area contributed by atoms with Gasteiger partial charge in [0.05, 0.1) is 12.9 Å². The van der Waals surface area contributed by atoms with Gasteiger partial charge in [0.2, 0.25) is 0 Å². The zero-order valence-electron chi connectivity index (χ0n) is 12.1. The molecule has 2 N–H and O–H groups in total. The van der Waals surface area contributed by atoms with E-state index in [1.54, 1.807) is 41.5 Å². The van der Waals surface area contributed by atoms with E-state index in [1.165, 1.54) is 12.1 Å². The second-order valence-electron chi connectivity index (χ2n) is 4.78. The number of hydrogen-bond acceptors (Lipinski definition) is 5. The Kier molecular flexibility index (Phi) is 4.32. The summed E-state index contributed by atoms with van der Waals surface area (Å²) in [5.41, 5.74) is 7.03. The van der Waals surface area contributed by atoms with E-state index in [2.05, 4.69) is 15.3 Å². The van der Waals surface area contributed by atoms with Gasteiger partial charge in [-0.25, -0.2) is 9.37 Å². The van der Waals surface area contributed by atoms with Crippen LogP contribution in [0.15, 0.2) is 58.7 Å². The minimum atomic E-state index is -0.306. The first-order chi connectivity index (χ1) is 11.2. The zero-order chi connectivity index (χ0) is 16.1. The van der Waals surface area contributed by atoms with Gasteiger partial charge in [-0.05, 0) is 24.3 Å². The van der Waals surface area contributed by atoms with Gasteiger partial charge in [-0.1, -0.05) is 10.3 Å². The van der Waals surface area contributed by atoms with E-state index >= 15 is 0 Å². The molecule has 0 aliphatic rings. The lowest BCUT2D eigenvalue weighted by Crippen LogP contribution is -2.19. The van der Waals surface area contributed by atoms with Crippen LogP contribution in [0.25, 0.3) is 11.3 Å². The Labute approximate surface area is 131 Å². The van der Waals surface area contributed by atoms with Crippen molar-refractivity contribution in [3.8, 4) is 11.3 Å². The fraction of sp³-hybridized carbons (Fsp3) is 0.133. The number of amidine groups is 1. The van der Waals surface area contributed by atoms with E-state index in [0.717, 1.165) is 5.56 Å². The molecule has 3 rings (SSSR count). The number of aromatic nitrogens is 3. The maximum Gasteiger partial charge on any atom is 0.167 e. The van der Waals surface area contributed by atoms with Gasteiger partial charge in [-0.3, -0.25) is 0 Å². The van der Waals surface area contributed by atoms with Crippen molar-refractivity contribution in [1.82, 2.24) is 14.7 Å². The summed E-state index contributed by atoms with van der Waals surface area (Å²) in [6, 6.07) is 7.64. The Morgan fingerprint density at radius 2 is 2.17 bits per heavy atom. The van der Waals surface area contributed by atoms with Crippen LogP contribution in [0, 0.1) is 5.82 Å². The molecular formula is C15H14FN5O2. The van der Waals surface area contributed by atoms with Crippen molar-refractivity contribution in [1.29, 1.82) is 0 Å². The molecule has 2 heterocycles. The number of imidazole rings is 1. The summed E-state index contributed by atoms with van der Waals surface area (Å²) >= 11 is 0. The van der Waals surface area contributed by atoms with E-state index in [-0.39, 0.29) is 12.4 Å². The summed E-state index contributed by atoms with van der Waals surface area (Å²) in [7, 11) is 0. The van der Waals surface area contributed by atoms with Gasteiger partial charge < -0.3 is 19.7 Å². The maximum absolute atomic E-state index is 12.9. The van der Waals surface area contributed by atoms with Crippen molar-refractivity contribution in [2.75, 3.05) is 0 Å². The Hall–Kier alpha value is -3.16. The van der Waals surface area contributed by atoms with Crippen molar-refractivity contribution in [3.63, 3.8) is 0 Å². The lowest BCUT2D eigenvalue weighted by Gasteiger charge is -2.01. The Bertz CT molecular complexity index is 781. The first-order valence-corrected chi connectivity index (χ1v) is 6.82. The Morgan fingerprint density at radius 3 is 2.91 bits per heavy atom. The van der Waals surface area contributed by atoms with Crippen molar-refractivity contribution >= 4 is 5.84 Å². The Balaban J connectivity index is 1.56. The molecule has 0 bridgehead atoms. The molecule has 2 aromatic heterocycles. The predicted molar refractivity (Wildman–Crippen MR) is 80.5 cm³/mol. The molecule has 0 aliphatic heterocycles. The number of benzene rings is 1. The van der Waals surface area contributed by atoms with Crippen LogP contribution < -0.4 is 5.73 Å². The topological polar surface area (TPSA) is 91.5 Å². The molecule has 23 heavy (non-hydrogen) atoms. The van der Waals surface area contributed by atoms with Gasteiger partial charge in [-0.15, -0.1) is 0 Å². The third-order valence-corrected chi connectivity index (χ3v) is 2.99. The van der Waals surface area contributed by atoms with Gasteiger partial charge in [-0.2, -0.15) is 0 Å². The highest BCUT2D eigenvalue weighted by Gasteiger charge is 2.07. The highest BCUT2D eigenvalue weighted by Crippen LogP contribution is 2.20. The van der Waals surface area contributed by atoms with Crippen LogP contribution in [0.5, 0.6) is 0 Å². The van der Waals surface area contributed by atoms with Crippen LogP contribution in [0.4, 0.5) is 4.39 Å². The standard InChI is InChI=1S/C15H14FN5O2/c16-12-3-1-11(2-4-12)14-7-13(19-23-14)9-22-20-15(17)8-21-6-5-18-10-21/h1-7,10H,8-9H2,(H2,17,20). The summed E-state index contributed by atoms with van der Waals surface area (Å²) < 4.78 is 19.8. The first kappa shape index (κ1) is 14.8. The number of hydrogen-bond donors (Lipinski definition) is 1. The molecule has 7 nitrogen and oxygen atoms in total. The molecule has 0 unspecified atom stereocenters. The zero-order valence-corrected chi connectivity index (χ0v) is 12.1. The second kappa shape index (κ2) is 6.73. The molecule has 0 atom stereocenters. The van der Waals surface area contributed by atoms with Gasteiger partial charge in [0.25, 0.3) is 0 Å². The molecule has 3 aromatic rings. The number of halogens is 1. The molecule has 1 aromatic carbocycles. The average Bonchev–Trinajstić information content (AvgIpc) is 3.20. The lowest BCUT2D eigenvalue weighted by molar-refractivity contribution is 0.124. The molecule has 0 amide bonds. The fourth-order valence-corrected chi connectivity index (χ4v) is 1.91. The molecule has 0 radical (unpaired) electrons. The van der Waals surface area contributed by atoms with E-state index in [4.69, 9.17) is 15.1 Å². The maximum atomic E-state index is 12.9. The SMILES string of the molecule is N/C(Cn1ccnc1)=N\OCc1cc(-c2ccc(F)cc2)on1. The molecule has 0 aliphatic carbocycles.